The Hall–Kier alpha value is -3.38. The lowest BCUT2D eigenvalue weighted by Gasteiger charge is -2.24. The second kappa shape index (κ2) is 14.0. The quantitative estimate of drug-likeness (QED) is 0.404. The summed E-state index contributed by atoms with van der Waals surface area (Å²) in [5.41, 5.74) is 3.02. The van der Waals surface area contributed by atoms with E-state index in [-0.39, 0.29) is 37.1 Å². The number of nitrogens with zero attached hydrogens (tertiary/aromatic N) is 2. The largest absolute Gasteiger partial charge is 0.508 e. The maximum atomic E-state index is 13.2. The molecule has 1 atom stereocenters. The van der Waals surface area contributed by atoms with Crippen molar-refractivity contribution < 1.29 is 19.4 Å². The molecule has 0 aliphatic heterocycles. The minimum Gasteiger partial charge on any atom is -0.508 e. The van der Waals surface area contributed by atoms with Gasteiger partial charge in [-0.1, -0.05) is 42.5 Å². The van der Waals surface area contributed by atoms with Gasteiger partial charge >= 0.3 is 5.97 Å². The smallest absolute Gasteiger partial charge is 0.306 e. The lowest BCUT2D eigenvalue weighted by atomic mass is 9.95. The summed E-state index contributed by atoms with van der Waals surface area (Å²) in [7, 11) is 1.78. The molecule has 2 aromatic carbocycles. The molecule has 3 aromatic rings. The van der Waals surface area contributed by atoms with Gasteiger partial charge < -0.3 is 14.7 Å². The molecule has 0 aliphatic rings. The molecular formula is C27H31ClN2O4. The number of hydrogen-bond acceptors (Lipinski definition) is 5. The van der Waals surface area contributed by atoms with E-state index in [1.807, 2.05) is 42.5 Å². The molecule has 3 rings (SSSR count). The molecule has 180 valence electrons. The molecule has 34 heavy (non-hydrogen) atoms. The number of likely N-dealkylation sites (N-methyl/N-ethyl adjacent to an activating group) is 1. The number of halogens is 1. The number of esters is 1. The molecule has 0 unspecified atom stereocenters. The zero-order valence-corrected chi connectivity index (χ0v) is 20.1. The Bertz CT molecular complexity index is 1010. The van der Waals surface area contributed by atoms with Gasteiger partial charge in [0.1, 0.15) is 12.4 Å². The molecule has 0 saturated heterocycles. The first-order chi connectivity index (χ1) is 16.0. The summed E-state index contributed by atoms with van der Waals surface area (Å²) in [6, 6.07) is 20.5. The van der Waals surface area contributed by atoms with Crippen LogP contribution >= 0.6 is 12.4 Å². The van der Waals surface area contributed by atoms with E-state index in [1.165, 1.54) is 0 Å². The van der Waals surface area contributed by atoms with Crippen LogP contribution in [0, 0.1) is 5.92 Å². The van der Waals surface area contributed by atoms with Crippen LogP contribution in [0.2, 0.25) is 0 Å². The van der Waals surface area contributed by atoms with E-state index in [0.29, 0.717) is 19.4 Å². The van der Waals surface area contributed by atoms with Crippen LogP contribution in [0.25, 0.3) is 0 Å². The number of carbonyl (C=O) groups is 2. The fourth-order valence-corrected chi connectivity index (χ4v) is 3.58. The van der Waals surface area contributed by atoms with Crippen molar-refractivity contribution in [3.05, 3.63) is 95.8 Å². The molecule has 0 radical (unpaired) electrons. The second-order valence-corrected chi connectivity index (χ2v) is 8.12. The molecule has 0 spiro atoms. The number of aromatic hydroxyl groups is 1. The highest BCUT2D eigenvalue weighted by molar-refractivity contribution is 5.85. The summed E-state index contributed by atoms with van der Waals surface area (Å²) >= 11 is 0. The first-order valence-electron chi connectivity index (χ1n) is 11.1. The Kier molecular flexibility index (Phi) is 11.1. The maximum absolute atomic E-state index is 13.2. The molecule has 0 saturated carbocycles. The summed E-state index contributed by atoms with van der Waals surface area (Å²) in [6.07, 6.45) is 5.21. The average Bonchev–Trinajstić information content (AvgIpc) is 2.85. The zero-order valence-electron chi connectivity index (χ0n) is 19.3. The lowest BCUT2D eigenvalue weighted by Crippen LogP contribution is -2.36. The third-order valence-electron chi connectivity index (χ3n) is 5.58. The SMILES string of the molecule is CN(CCc1ccccc1)C(=O)[C@H](CCc1ccc(O)cc1)CC(=O)OCc1ccncc1.Cl. The number of aromatic nitrogens is 1. The van der Waals surface area contributed by atoms with E-state index in [2.05, 4.69) is 4.98 Å². The van der Waals surface area contributed by atoms with Crippen molar-refractivity contribution in [3.8, 4) is 5.75 Å². The predicted octanol–water partition coefficient (Wildman–Crippen LogP) is 4.59. The normalized spacial score (nSPS) is 11.2. The van der Waals surface area contributed by atoms with E-state index in [4.69, 9.17) is 4.74 Å². The minimum absolute atomic E-state index is 0. The van der Waals surface area contributed by atoms with Crippen molar-refractivity contribution in [2.75, 3.05) is 13.6 Å². The van der Waals surface area contributed by atoms with Gasteiger partial charge in [0.05, 0.1) is 6.42 Å². The fourth-order valence-electron chi connectivity index (χ4n) is 3.58. The van der Waals surface area contributed by atoms with Crippen LogP contribution in [-0.2, 0) is 33.8 Å². The molecule has 0 fully saturated rings. The van der Waals surface area contributed by atoms with E-state index >= 15 is 0 Å². The zero-order chi connectivity index (χ0) is 23.5. The monoisotopic (exact) mass is 482 g/mol. The van der Waals surface area contributed by atoms with Crippen LogP contribution in [0.1, 0.15) is 29.5 Å². The van der Waals surface area contributed by atoms with Crippen LogP contribution in [0.3, 0.4) is 0 Å². The number of pyridine rings is 1. The van der Waals surface area contributed by atoms with Gasteiger partial charge in [-0.05, 0) is 60.2 Å². The van der Waals surface area contributed by atoms with Crippen LogP contribution < -0.4 is 0 Å². The van der Waals surface area contributed by atoms with Crippen molar-refractivity contribution in [2.24, 2.45) is 5.92 Å². The highest BCUT2D eigenvalue weighted by atomic mass is 35.5. The molecule has 1 amide bonds. The summed E-state index contributed by atoms with van der Waals surface area (Å²) in [5.74, 6) is -0.742. The number of benzene rings is 2. The number of amides is 1. The molecular weight excluding hydrogens is 452 g/mol. The Morgan fingerprint density at radius 2 is 1.56 bits per heavy atom. The van der Waals surface area contributed by atoms with Crippen molar-refractivity contribution in [1.82, 2.24) is 9.88 Å². The van der Waals surface area contributed by atoms with Crippen molar-refractivity contribution in [2.45, 2.75) is 32.3 Å². The Morgan fingerprint density at radius 3 is 2.24 bits per heavy atom. The van der Waals surface area contributed by atoms with Gasteiger partial charge in [0.2, 0.25) is 5.91 Å². The van der Waals surface area contributed by atoms with E-state index in [9.17, 15) is 14.7 Å². The minimum atomic E-state index is -0.482. The van der Waals surface area contributed by atoms with Gasteiger partial charge in [-0.3, -0.25) is 14.6 Å². The molecule has 1 N–H and O–H groups in total. The van der Waals surface area contributed by atoms with Crippen molar-refractivity contribution in [1.29, 1.82) is 0 Å². The summed E-state index contributed by atoms with van der Waals surface area (Å²) < 4.78 is 5.42. The van der Waals surface area contributed by atoms with Gasteiger partial charge in [0, 0.05) is 31.9 Å². The van der Waals surface area contributed by atoms with Gasteiger partial charge in [0.25, 0.3) is 0 Å². The number of aryl methyl sites for hydroxylation is 1. The molecule has 6 nitrogen and oxygen atoms in total. The van der Waals surface area contributed by atoms with Crippen LogP contribution in [0.4, 0.5) is 0 Å². The van der Waals surface area contributed by atoms with E-state index in [1.54, 1.807) is 48.6 Å². The lowest BCUT2D eigenvalue weighted by molar-refractivity contribution is -0.149. The van der Waals surface area contributed by atoms with Gasteiger partial charge in [-0.15, -0.1) is 12.4 Å². The molecule has 0 bridgehead atoms. The van der Waals surface area contributed by atoms with Crippen molar-refractivity contribution >= 4 is 24.3 Å². The Labute approximate surface area is 207 Å². The molecule has 7 heteroatoms. The number of ether oxygens (including phenoxy) is 1. The molecule has 0 aliphatic carbocycles. The Balaban J connectivity index is 0.00000408. The number of phenols is 1. The van der Waals surface area contributed by atoms with Crippen LogP contribution in [0.5, 0.6) is 5.75 Å². The summed E-state index contributed by atoms with van der Waals surface area (Å²) in [6.45, 7) is 0.731. The Morgan fingerprint density at radius 1 is 0.912 bits per heavy atom. The molecule has 1 aromatic heterocycles. The van der Waals surface area contributed by atoms with Gasteiger partial charge in [-0.2, -0.15) is 0 Å². The first kappa shape index (κ1) is 26.9. The highest BCUT2D eigenvalue weighted by Crippen LogP contribution is 2.19. The predicted molar refractivity (Wildman–Crippen MR) is 134 cm³/mol. The van der Waals surface area contributed by atoms with Crippen LogP contribution in [0.15, 0.2) is 79.1 Å². The fraction of sp³-hybridized carbons (Fsp3) is 0.296. The second-order valence-electron chi connectivity index (χ2n) is 8.12. The highest BCUT2D eigenvalue weighted by Gasteiger charge is 2.25. The topological polar surface area (TPSA) is 79.7 Å². The standard InChI is InChI=1S/C27H30N2O4.ClH/c1-29(18-15-21-5-3-2-4-6-21)27(32)24(10-7-22-8-11-25(30)12-9-22)19-26(31)33-20-23-13-16-28-17-14-23;/h2-6,8-9,11-14,16-17,24,30H,7,10,15,18-20H2,1H3;1H/t24-;/m1./s1. The summed E-state index contributed by atoms with van der Waals surface area (Å²) in [5, 5.41) is 9.49. The third kappa shape index (κ3) is 8.87. The number of carbonyl (C=O) groups excluding carboxylic acids is 2. The average molecular weight is 483 g/mol. The summed E-state index contributed by atoms with van der Waals surface area (Å²) in [4.78, 5) is 31.4. The molecule has 1 heterocycles. The number of rotatable bonds is 11. The van der Waals surface area contributed by atoms with Gasteiger partial charge in [-0.25, -0.2) is 0 Å². The van der Waals surface area contributed by atoms with Crippen LogP contribution in [-0.4, -0.2) is 40.5 Å². The van der Waals surface area contributed by atoms with Gasteiger partial charge in [0.15, 0.2) is 0 Å². The first-order valence-corrected chi connectivity index (χ1v) is 11.1. The number of phenolic OH excluding ortho intramolecular Hbond substituents is 1. The maximum Gasteiger partial charge on any atom is 0.306 e. The van der Waals surface area contributed by atoms with E-state index < -0.39 is 11.9 Å². The number of hydrogen-bond donors (Lipinski definition) is 1. The third-order valence-corrected chi connectivity index (χ3v) is 5.58. The van der Waals surface area contributed by atoms with E-state index in [0.717, 1.165) is 23.1 Å². The van der Waals surface area contributed by atoms with Crippen molar-refractivity contribution in [3.63, 3.8) is 0 Å².